The number of nitrogens with one attached hydrogen (secondary N) is 1. The molecule has 5 nitrogen and oxygen atoms in total. The molecule has 0 saturated carbocycles. The summed E-state index contributed by atoms with van der Waals surface area (Å²) < 4.78 is 10.5. The quantitative estimate of drug-likeness (QED) is 0.919. The molecule has 0 fully saturated rings. The molecule has 0 aliphatic rings. The van der Waals surface area contributed by atoms with Gasteiger partial charge in [0, 0.05) is 11.8 Å². The zero-order valence-corrected chi connectivity index (χ0v) is 12.6. The Kier molecular flexibility index (Phi) is 5.23. The number of ether oxygens (including phenoxy) is 2. The summed E-state index contributed by atoms with van der Waals surface area (Å²) in [5, 5.41) is 11.8. The number of anilines is 1. The molecule has 112 valence electrons. The van der Waals surface area contributed by atoms with Gasteiger partial charge in [-0.3, -0.25) is 4.79 Å². The number of amides is 1. The number of nitriles is 1. The van der Waals surface area contributed by atoms with Gasteiger partial charge in [-0.2, -0.15) is 5.26 Å². The van der Waals surface area contributed by atoms with Crippen LogP contribution in [0.4, 0.5) is 5.69 Å². The molecular weight excluding hydrogens is 304 g/mol. The van der Waals surface area contributed by atoms with E-state index in [9.17, 15) is 4.79 Å². The van der Waals surface area contributed by atoms with Crippen LogP contribution < -0.4 is 14.8 Å². The highest BCUT2D eigenvalue weighted by Gasteiger charge is 2.14. The third kappa shape index (κ3) is 3.90. The Morgan fingerprint density at radius 1 is 1.32 bits per heavy atom. The van der Waals surface area contributed by atoms with Crippen molar-refractivity contribution in [1.29, 1.82) is 5.26 Å². The molecule has 2 aromatic carbocycles. The van der Waals surface area contributed by atoms with Crippen molar-refractivity contribution in [3.8, 4) is 17.6 Å². The second kappa shape index (κ2) is 7.34. The molecule has 0 unspecified atom stereocenters. The van der Waals surface area contributed by atoms with Crippen molar-refractivity contribution in [2.45, 2.75) is 0 Å². The zero-order valence-electron chi connectivity index (χ0n) is 11.8. The average molecular weight is 317 g/mol. The molecule has 0 heterocycles. The summed E-state index contributed by atoms with van der Waals surface area (Å²) in [5.74, 6) is 0.205. The maximum absolute atomic E-state index is 11.8. The van der Waals surface area contributed by atoms with Crippen LogP contribution in [0.2, 0.25) is 5.02 Å². The van der Waals surface area contributed by atoms with Crippen molar-refractivity contribution < 1.29 is 14.3 Å². The smallest absolute Gasteiger partial charge is 0.262 e. The summed E-state index contributed by atoms with van der Waals surface area (Å²) in [6.07, 6.45) is 0. The predicted octanol–water partition coefficient (Wildman–Crippen LogP) is 3.24. The minimum atomic E-state index is -0.325. The average Bonchev–Trinajstić information content (AvgIpc) is 2.53. The molecule has 0 saturated heterocycles. The number of carbonyl (C=O) groups is 1. The van der Waals surface area contributed by atoms with E-state index >= 15 is 0 Å². The Balaban J connectivity index is 2.05. The number of hydrogen-bond donors (Lipinski definition) is 1. The van der Waals surface area contributed by atoms with Crippen LogP contribution in [0.15, 0.2) is 42.5 Å². The highest BCUT2D eigenvalue weighted by molar-refractivity contribution is 6.32. The first-order chi connectivity index (χ1) is 10.6. The molecule has 0 radical (unpaired) electrons. The van der Waals surface area contributed by atoms with Gasteiger partial charge in [0.2, 0.25) is 0 Å². The zero-order chi connectivity index (χ0) is 15.9. The second-order valence-electron chi connectivity index (χ2n) is 4.30. The number of benzene rings is 2. The fourth-order valence-corrected chi connectivity index (χ4v) is 2.05. The number of halogens is 1. The summed E-state index contributed by atoms with van der Waals surface area (Å²) in [6.45, 7) is -0.225. The lowest BCUT2D eigenvalue weighted by atomic mass is 10.2. The number of hydrogen-bond acceptors (Lipinski definition) is 4. The maximum Gasteiger partial charge on any atom is 0.262 e. The summed E-state index contributed by atoms with van der Waals surface area (Å²) >= 11 is 6.05. The van der Waals surface area contributed by atoms with Crippen molar-refractivity contribution in [3.05, 3.63) is 53.1 Å². The third-order valence-electron chi connectivity index (χ3n) is 2.76. The van der Waals surface area contributed by atoms with E-state index < -0.39 is 0 Å². The molecule has 2 rings (SSSR count). The van der Waals surface area contributed by atoms with Gasteiger partial charge in [-0.25, -0.2) is 0 Å². The van der Waals surface area contributed by atoms with E-state index in [0.717, 1.165) is 0 Å². The van der Waals surface area contributed by atoms with Gasteiger partial charge >= 0.3 is 0 Å². The van der Waals surface area contributed by atoms with E-state index in [-0.39, 0.29) is 23.3 Å². The first kappa shape index (κ1) is 15.7. The van der Waals surface area contributed by atoms with Gasteiger partial charge in [0.1, 0.15) is 0 Å². The van der Waals surface area contributed by atoms with E-state index in [1.807, 2.05) is 24.3 Å². The van der Waals surface area contributed by atoms with E-state index in [2.05, 4.69) is 5.32 Å². The first-order valence-electron chi connectivity index (χ1n) is 6.39. The van der Waals surface area contributed by atoms with Crippen LogP contribution in [0.25, 0.3) is 0 Å². The summed E-state index contributed by atoms with van der Waals surface area (Å²) in [7, 11) is 1.43. The van der Waals surface area contributed by atoms with Crippen LogP contribution in [0.5, 0.6) is 11.5 Å². The van der Waals surface area contributed by atoms with Gasteiger partial charge in [-0.1, -0.05) is 29.8 Å². The molecule has 6 heteroatoms. The van der Waals surface area contributed by atoms with E-state index in [1.165, 1.54) is 19.2 Å². The molecule has 22 heavy (non-hydrogen) atoms. The molecule has 1 amide bonds. The topological polar surface area (TPSA) is 71.3 Å². The fraction of sp³-hybridized carbons (Fsp3) is 0.125. The van der Waals surface area contributed by atoms with Gasteiger partial charge in [0.15, 0.2) is 18.1 Å². The van der Waals surface area contributed by atoms with Crippen LogP contribution in [0.3, 0.4) is 0 Å². The lowest BCUT2D eigenvalue weighted by molar-refractivity contribution is -0.118. The molecule has 0 bridgehead atoms. The van der Waals surface area contributed by atoms with Crippen LogP contribution >= 0.6 is 11.6 Å². The van der Waals surface area contributed by atoms with Gasteiger partial charge in [0.05, 0.1) is 23.8 Å². The number of para-hydroxylation sites is 1. The van der Waals surface area contributed by atoms with Crippen molar-refractivity contribution in [2.24, 2.45) is 0 Å². The van der Waals surface area contributed by atoms with Crippen LogP contribution in [-0.4, -0.2) is 19.6 Å². The van der Waals surface area contributed by atoms with Gasteiger partial charge in [0.25, 0.3) is 5.91 Å². The van der Waals surface area contributed by atoms with Gasteiger partial charge in [-0.15, -0.1) is 0 Å². The minimum absolute atomic E-state index is 0.211. The maximum atomic E-state index is 11.8. The molecule has 0 aliphatic carbocycles. The molecule has 0 aromatic heterocycles. The first-order valence-corrected chi connectivity index (χ1v) is 6.77. The van der Waals surface area contributed by atoms with Crippen LogP contribution in [0.1, 0.15) is 5.56 Å². The Morgan fingerprint density at radius 3 is 2.68 bits per heavy atom. The van der Waals surface area contributed by atoms with E-state index in [4.69, 9.17) is 26.3 Å². The fourth-order valence-electron chi connectivity index (χ4n) is 1.78. The van der Waals surface area contributed by atoms with Crippen molar-refractivity contribution >= 4 is 23.2 Å². The van der Waals surface area contributed by atoms with Crippen LogP contribution in [-0.2, 0) is 4.79 Å². The highest BCUT2D eigenvalue weighted by Crippen LogP contribution is 2.36. The highest BCUT2D eigenvalue weighted by atomic mass is 35.5. The number of nitrogens with zero attached hydrogens (tertiary/aromatic N) is 1. The number of methoxy groups -OCH3 is 1. The number of carbonyl (C=O) groups excluding carboxylic acids is 1. The largest absolute Gasteiger partial charge is 0.493 e. The lowest BCUT2D eigenvalue weighted by Crippen LogP contribution is -2.20. The summed E-state index contributed by atoms with van der Waals surface area (Å²) in [4.78, 5) is 11.8. The molecule has 2 aromatic rings. The number of rotatable bonds is 5. The summed E-state index contributed by atoms with van der Waals surface area (Å²) in [6, 6.07) is 13.9. The second-order valence-corrected chi connectivity index (χ2v) is 4.71. The normalized spacial score (nSPS) is 9.68. The van der Waals surface area contributed by atoms with E-state index in [1.54, 1.807) is 12.1 Å². The monoisotopic (exact) mass is 316 g/mol. The summed E-state index contributed by atoms with van der Waals surface area (Å²) in [5.41, 5.74) is 1.02. The van der Waals surface area contributed by atoms with Crippen molar-refractivity contribution in [3.63, 3.8) is 0 Å². The Bertz CT molecular complexity index is 711. The minimum Gasteiger partial charge on any atom is -0.493 e. The van der Waals surface area contributed by atoms with Gasteiger partial charge < -0.3 is 14.8 Å². The van der Waals surface area contributed by atoms with E-state index in [0.29, 0.717) is 17.0 Å². The Morgan fingerprint density at radius 2 is 2.05 bits per heavy atom. The molecule has 0 aliphatic heterocycles. The van der Waals surface area contributed by atoms with Gasteiger partial charge in [-0.05, 0) is 18.2 Å². The SMILES string of the molecule is COc1cc(C#N)cc(Cl)c1OCC(=O)Nc1ccccc1. The standard InChI is InChI=1S/C16H13ClN2O3/c1-21-14-8-11(9-18)7-13(17)16(14)22-10-15(20)19-12-5-3-2-4-6-12/h2-8H,10H2,1H3,(H,19,20). The van der Waals surface area contributed by atoms with Crippen LogP contribution in [0, 0.1) is 11.3 Å². The third-order valence-corrected chi connectivity index (χ3v) is 3.04. The lowest BCUT2D eigenvalue weighted by Gasteiger charge is -2.12. The predicted molar refractivity (Wildman–Crippen MR) is 83.3 cm³/mol. The van der Waals surface area contributed by atoms with Crippen molar-refractivity contribution in [1.82, 2.24) is 0 Å². The molecular formula is C16H13ClN2O3. The molecule has 0 atom stereocenters. The Hall–Kier alpha value is -2.71. The van der Waals surface area contributed by atoms with Crippen molar-refractivity contribution in [2.75, 3.05) is 19.0 Å². The molecule has 1 N–H and O–H groups in total. The molecule has 0 spiro atoms. The Labute approximate surface area is 133 Å².